The lowest BCUT2D eigenvalue weighted by Crippen LogP contribution is -2.50. The third-order valence-electron chi connectivity index (χ3n) is 4.88. The molecule has 0 unspecified atom stereocenters. The van der Waals surface area contributed by atoms with E-state index < -0.39 is 60.2 Å². The molecule has 164 valence electrons. The average Bonchev–Trinajstić information content (AvgIpc) is 3.16. The molecule has 1 aromatic heterocycles. The molecule has 1 saturated heterocycles. The second-order valence-electron chi connectivity index (χ2n) is 7.38. The Morgan fingerprint density at radius 3 is 2.57 bits per heavy atom. The smallest absolute Gasteiger partial charge is 0.242 e. The highest BCUT2D eigenvalue weighted by atomic mass is 32.2. The van der Waals surface area contributed by atoms with Crippen molar-refractivity contribution in [3.05, 3.63) is 41.4 Å². The van der Waals surface area contributed by atoms with Crippen LogP contribution in [0, 0.1) is 19.7 Å². The van der Waals surface area contributed by atoms with Gasteiger partial charge in [0, 0.05) is 12.1 Å². The van der Waals surface area contributed by atoms with Gasteiger partial charge in [0.05, 0.1) is 27.7 Å². The van der Waals surface area contributed by atoms with E-state index in [1.807, 2.05) is 0 Å². The number of hydrogen-bond acceptors (Lipinski definition) is 8. The van der Waals surface area contributed by atoms with E-state index in [-0.39, 0.29) is 16.3 Å². The van der Waals surface area contributed by atoms with Gasteiger partial charge in [-0.05, 0) is 44.5 Å². The van der Waals surface area contributed by atoms with Crippen LogP contribution < -0.4 is 10.6 Å². The molecule has 30 heavy (non-hydrogen) atoms. The fourth-order valence-electron chi connectivity index (χ4n) is 3.43. The van der Waals surface area contributed by atoms with Crippen LogP contribution in [0.2, 0.25) is 0 Å². The Labute approximate surface area is 173 Å². The summed E-state index contributed by atoms with van der Waals surface area (Å²) < 4.78 is 69.0. The first-order valence-corrected chi connectivity index (χ1v) is 12.5. The predicted octanol–water partition coefficient (Wildman–Crippen LogP) is 0.987. The van der Waals surface area contributed by atoms with Crippen molar-refractivity contribution in [2.75, 3.05) is 16.8 Å². The van der Waals surface area contributed by atoms with Crippen molar-refractivity contribution >= 4 is 31.4 Å². The molecule has 0 spiro atoms. The van der Waals surface area contributed by atoms with Gasteiger partial charge in [0.25, 0.3) is 0 Å². The zero-order valence-electron chi connectivity index (χ0n) is 16.5. The summed E-state index contributed by atoms with van der Waals surface area (Å²) in [6, 6.07) is 2.81. The summed E-state index contributed by atoms with van der Waals surface area (Å²) in [6.45, 7) is 4.58. The zero-order chi connectivity index (χ0) is 22.3. The van der Waals surface area contributed by atoms with Crippen molar-refractivity contribution in [1.82, 2.24) is 10.5 Å². The van der Waals surface area contributed by atoms with E-state index >= 15 is 0 Å². The highest BCUT2D eigenvalue weighted by Crippen LogP contribution is 2.28. The minimum atomic E-state index is -4.10. The van der Waals surface area contributed by atoms with Crippen LogP contribution in [0.4, 0.5) is 10.2 Å². The fraction of sp³-hybridized carbons (Fsp3) is 0.444. The van der Waals surface area contributed by atoms with Crippen LogP contribution in [0.5, 0.6) is 0 Å². The Hall–Kier alpha value is -2.31. The lowest BCUT2D eigenvalue weighted by Gasteiger charge is -2.23. The van der Waals surface area contributed by atoms with E-state index in [1.165, 1.54) is 19.9 Å². The molecule has 1 fully saturated rings. The number of aryl methyl sites for hydroxylation is 2. The Morgan fingerprint density at radius 2 is 1.97 bits per heavy atom. The molecular formula is C18H22FN3O6S2. The Balaban J connectivity index is 1.82. The number of aromatic nitrogens is 1. The number of carbonyl (C=O) groups excluding carboxylic acids is 1. The number of hydrogen-bond donors (Lipinski definition) is 2. The molecule has 2 heterocycles. The first kappa shape index (κ1) is 22.4. The van der Waals surface area contributed by atoms with Crippen LogP contribution in [-0.4, -0.2) is 56.7 Å². The standard InChI is InChI=1S/C18H22FN3O6S2/c1-10-6-13(19)4-5-15(10)30(26,27)16-9-29(24,25)8-14(16)20-12(3)18(23)21-17-7-11(2)28-22-17/h4-7,12,14,16,20H,8-9H2,1-3H3,(H,21,22,23)/t12-,14-,16-/m0/s1. The molecule has 0 radical (unpaired) electrons. The van der Waals surface area contributed by atoms with E-state index in [1.54, 1.807) is 6.92 Å². The first-order valence-electron chi connectivity index (χ1n) is 9.10. The molecule has 1 amide bonds. The van der Waals surface area contributed by atoms with Crippen molar-refractivity contribution in [2.45, 2.75) is 43.0 Å². The Bertz CT molecular complexity index is 1180. The lowest BCUT2D eigenvalue weighted by molar-refractivity contribution is -0.118. The van der Waals surface area contributed by atoms with Crippen LogP contribution in [0.1, 0.15) is 18.2 Å². The van der Waals surface area contributed by atoms with Crippen LogP contribution >= 0.6 is 0 Å². The maximum Gasteiger partial charge on any atom is 0.242 e. The number of nitrogens with one attached hydrogen (secondary N) is 2. The van der Waals surface area contributed by atoms with Crippen LogP contribution in [0.25, 0.3) is 0 Å². The van der Waals surface area contributed by atoms with E-state index in [4.69, 9.17) is 4.52 Å². The van der Waals surface area contributed by atoms with Gasteiger partial charge in [-0.1, -0.05) is 5.16 Å². The molecule has 0 bridgehead atoms. The van der Waals surface area contributed by atoms with Gasteiger partial charge in [-0.15, -0.1) is 0 Å². The minimum absolute atomic E-state index is 0.132. The third-order valence-corrected chi connectivity index (χ3v) is 9.19. The van der Waals surface area contributed by atoms with E-state index in [0.717, 1.165) is 18.2 Å². The van der Waals surface area contributed by atoms with Crippen LogP contribution in [0.3, 0.4) is 0 Å². The molecule has 0 aliphatic carbocycles. The number of carbonyl (C=O) groups is 1. The van der Waals surface area contributed by atoms with E-state index in [2.05, 4.69) is 15.8 Å². The van der Waals surface area contributed by atoms with Gasteiger partial charge in [0.2, 0.25) is 5.91 Å². The van der Waals surface area contributed by atoms with Crippen molar-refractivity contribution in [1.29, 1.82) is 0 Å². The summed E-state index contributed by atoms with van der Waals surface area (Å²) in [7, 11) is -7.76. The second kappa shape index (κ2) is 8.08. The lowest BCUT2D eigenvalue weighted by atomic mass is 10.2. The zero-order valence-corrected chi connectivity index (χ0v) is 18.2. The highest BCUT2D eigenvalue weighted by molar-refractivity contribution is 7.96. The summed E-state index contributed by atoms with van der Waals surface area (Å²) in [5, 5.41) is 7.66. The first-order chi connectivity index (χ1) is 13.9. The highest BCUT2D eigenvalue weighted by Gasteiger charge is 2.47. The second-order valence-corrected chi connectivity index (χ2v) is 11.7. The number of anilines is 1. The monoisotopic (exact) mass is 459 g/mol. The molecule has 0 saturated carbocycles. The number of benzene rings is 1. The van der Waals surface area contributed by atoms with E-state index in [9.17, 15) is 26.0 Å². The number of nitrogens with zero attached hydrogens (tertiary/aromatic N) is 1. The van der Waals surface area contributed by atoms with Crippen molar-refractivity contribution in [3.63, 3.8) is 0 Å². The maximum absolute atomic E-state index is 13.4. The molecule has 3 atom stereocenters. The number of rotatable bonds is 6. The molecular weight excluding hydrogens is 437 g/mol. The maximum atomic E-state index is 13.4. The summed E-state index contributed by atoms with van der Waals surface area (Å²) in [5.74, 6) is -1.45. The van der Waals surface area contributed by atoms with Crippen molar-refractivity contribution in [3.8, 4) is 0 Å². The normalized spacial score (nSPS) is 22.0. The molecule has 1 aromatic carbocycles. The predicted molar refractivity (Wildman–Crippen MR) is 107 cm³/mol. The molecule has 9 nitrogen and oxygen atoms in total. The Morgan fingerprint density at radius 1 is 1.27 bits per heavy atom. The van der Waals surface area contributed by atoms with Crippen LogP contribution in [0.15, 0.2) is 33.7 Å². The number of halogens is 1. The third kappa shape index (κ3) is 4.71. The van der Waals surface area contributed by atoms with Crippen molar-refractivity contribution < 1.29 is 30.5 Å². The van der Waals surface area contributed by atoms with E-state index in [0.29, 0.717) is 5.76 Å². The Kier molecular flexibility index (Phi) is 6.03. The quantitative estimate of drug-likeness (QED) is 0.611. The van der Waals surface area contributed by atoms with Crippen LogP contribution in [-0.2, 0) is 24.5 Å². The molecule has 3 rings (SSSR count). The van der Waals surface area contributed by atoms with Crippen molar-refractivity contribution in [2.24, 2.45) is 0 Å². The minimum Gasteiger partial charge on any atom is -0.360 e. The molecule has 1 aliphatic heterocycles. The molecule has 12 heteroatoms. The molecule has 1 aliphatic rings. The molecule has 2 N–H and O–H groups in total. The van der Waals surface area contributed by atoms with Gasteiger partial charge in [-0.3, -0.25) is 4.79 Å². The number of amides is 1. The summed E-state index contributed by atoms with van der Waals surface area (Å²) in [5.41, 5.74) is 0.185. The topological polar surface area (TPSA) is 135 Å². The van der Waals surface area contributed by atoms with Gasteiger partial charge in [-0.2, -0.15) is 0 Å². The van der Waals surface area contributed by atoms with Gasteiger partial charge in [-0.25, -0.2) is 21.2 Å². The largest absolute Gasteiger partial charge is 0.360 e. The van der Waals surface area contributed by atoms with Gasteiger partial charge >= 0.3 is 0 Å². The van der Waals surface area contributed by atoms with Gasteiger partial charge in [0.15, 0.2) is 25.5 Å². The summed E-state index contributed by atoms with van der Waals surface area (Å²) in [4.78, 5) is 12.3. The molecule has 2 aromatic rings. The summed E-state index contributed by atoms with van der Waals surface area (Å²) in [6.07, 6.45) is 0. The van der Waals surface area contributed by atoms with Gasteiger partial charge in [0.1, 0.15) is 11.6 Å². The average molecular weight is 460 g/mol. The van der Waals surface area contributed by atoms with Gasteiger partial charge < -0.3 is 15.2 Å². The SMILES string of the molecule is Cc1cc(NC(=O)[C@H](C)N[C@H]2CS(=O)(=O)C[C@@H]2S(=O)(=O)c2ccc(F)cc2C)no1. The fourth-order valence-corrected chi connectivity index (χ4v) is 8.33. The number of sulfone groups is 2. The summed E-state index contributed by atoms with van der Waals surface area (Å²) >= 11 is 0.